The van der Waals surface area contributed by atoms with E-state index >= 15 is 0 Å². The molecule has 25 heavy (non-hydrogen) atoms. The van der Waals surface area contributed by atoms with E-state index in [1.807, 2.05) is 6.07 Å². The lowest BCUT2D eigenvalue weighted by Crippen LogP contribution is -2.71. The number of alkyl halides is 2. The van der Waals surface area contributed by atoms with Crippen molar-refractivity contribution in [3.63, 3.8) is 0 Å². The molecule has 0 aromatic heterocycles. The zero-order valence-electron chi connectivity index (χ0n) is 14.0. The second-order valence-corrected chi connectivity index (χ2v) is 10.7. The standard InChI is InChI=1S/C18H20Br3NO3/c1-22-4-3-18-11-7-5-9(22)12(18)13(20)14(21)15(23)17(18)25-16(11)10(24-2)6-8(7)19/h6,9,12-15,17,23H,3-5H2,1-2H3/t9-,12+,13-,14+,15-,17-,18+/m0/s1. The second-order valence-electron chi connectivity index (χ2n) is 7.73. The van der Waals surface area contributed by atoms with E-state index in [9.17, 15) is 5.11 Å². The van der Waals surface area contributed by atoms with Gasteiger partial charge in [-0.2, -0.15) is 0 Å². The quantitative estimate of drug-likeness (QED) is 0.559. The molecule has 2 aliphatic carbocycles. The van der Waals surface area contributed by atoms with E-state index in [0.717, 1.165) is 35.4 Å². The van der Waals surface area contributed by atoms with Crippen LogP contribution in [-0.2, 0) is 11.8 Å². The first-order chi connectivity index (χ1) is 11.9. The minimum atomic E-state index is -0.563. The average Bonchev–Trinajstić information content (AvgIpc) is 2.94. The first-order valence-electron chi connectivity index (χ1n) is 8.64. The Morgan fingerprint density at radius 1 is 1.36 bits per heavy atom. The lowest BCUT2D eigenvalue weighted by molar-refractivity contribution is -0.0908. The fourth-order valence-electron chi connectivity index (χ4n) is 5.83. The second kappa shape index (κ2) is 5.60. The molecule has 1 aromatic carbocycles. The van der Waals surface area contributed by atoms with Crippen LogP contribution in [0.2, 0.25) is 0 Å². The Balaban J connectivity index is 1.84. The molecular weight excluding hydrogens is 518 g/mol. The third-order valence-corrected chi connectivity index (χ3v) is 10.6. The predicted molar refractivity (Wildman–Crippen MR) is 106 cm³/mol. The summed E-state index contributed by atoms with van der Waals surface area (Å²) in [6, 6.07) is 2.45. The number of rotatable bonds is 1. The summed E-state index contributed by atoms with van der Waals surface area (Å²) >= 11 is 11.5. The number of hydrogen-bond donors (Lipinski definition) is 1. The van der Waals surface area contributed by atoms with Crippen LogP contribution < -0.4 is 9.47 Å². The van der Waals surface area contributed by atoms with Gasteiger partial charge in [0.05, 0.1) is 11.9 Å². The summed E-state index contributed by atoms with van der Waals surface area (Å²) in [6.45, 7) is 1.02. The fraction of sp³-hybridized carbons (Fsp3) is 0.667. The summed E-state index contributed by atoms with van der Waals surface area (Å²) in [5, 5.41) is 11.1. The zero-order chi connectivity index (χ0) is 17.7. The van der Waals surface area contributed by atoms with Gasteiger partial charge in [0.2, 0.25) is 0 Å². The van der Waals surface area contributed by atoms with Gasteiger partial charge in [-0.05, 0) is 38.1 Å². The van der Waals surface area contributed by atoms with Crippen LogP contribution in [0.3, 0.4) is 0 Å². The molecule has 2 aliphatic heterocycles. The Hall–Kier alpha value is 0.180. The van der Waals surface area contributed by atoms with Gasteiger partial charge in [0.1, 0.15) is 12.2 Å². The minimum Gasteiger partial charge on any atom is -0.493 e. The number of likely N-dealkylation sites (N-methyl/N-ethyl adjacent to an activating group) is 1. The molecular formula is C18H20Br3NO3. The molecule has 7 heteroatoms. The minimum absolute atomic E-state index is 0.0325. The monoisotopic (exact) mass is 535 g/mol. The van der Waals surface area contributed by atoms with E-state index in [1.165, 1.54) is 11.1 Å². The highest BCUT2D eigenvalue weighted by atomic mass is 79.9. The van der Waals surface area contributed by atoms with Crippen molar-refractivity contribution in [2.24, 2.45) is 5.92 Å². The number of piperidine rings is 1. The number of halogens is 3. The fourth-order valence-corrected chi connectivity index (χ4v) is 8.14. The summed E-state index contributed by atoms with van der Waals surface area (Å²) < 4.78 is 13.2. The highest BCUT2D eigenvalue weighted by molar-refractivity contribution is 9.12. The topological polar surface area (TPSA) is 41.9 Å². The van der Waals surface area contributed by atoms with Gasteiger partial charge in [-0.15, -0.1) is 0 Å². The van der Waals surface area contributed by atoms with Crippen molar-refractivity contribution in [2.75, 3.05) is 20.7 Å². The van der Waals surface area contributed by atoms with Crippen molar-refractivity contribution < 1.29 is 14.6 Å². The largest absolute Gasteiger partial charge is 0.493 e. The van der Waals surface area contributed by atoms with Crippen molar-refractivity contribution in [3.8, 4) is 11.5 Å². The molecule has 1 saturated carbocycles. The summed E-state index contributed by atoms with van der Waals surface area (Å²) in [6.07, 6.45) is 1.19. The molecule has 2 bridgehead atoms. The molecule has 7 atom stereocenters. The molecule has 0 radical (unpaired) electrons. The van der Waals surface area contributed by atoms with Gasteiger partial charge < -0.3 is 19.5 Å². The van der Waals surface area contributed by atoms with Crippen LogP contribution in [0.4, 0.5) is 0 Å². The highest BCUT2D eigenvalue weighted by Gasteiger charge is 2.69. The highest BCUT2D eigenvalue weighted by Crippen LogP contribution is 2.66. The van der Waals surface area contributed by atoms with Gasteiger partial charge in [0.15, 0.2) is 11.5 Å². The van der Waals surface area contributed by atoms with Crippen LogP contribution in [0.5, 0.6) is 11.5 Å². The molecule has 136 valence electrons. The molecule has 0 unspecified atom stereocenters. The van der Waals surface area contributed by atoms with Crippen molar-refractivity contribution in [3.05, 3.63) is 21.7 Å². The molecule has 1 saturated heterocycles. The smallest absolute Gasteiger partial charge is 0.166 e. The molecule has 4 nitrogen and oxygen atoms in total. The van der Waals surface area contributed by atoms with E-state index < -0.39 is 6.10 Å². The van der Waals surface area contributed by atoms with E-state index in [0.29, 0.717) is 12.0 Å². The maximum atomic E-state index is 11.1. The van der Waals surface area contributed by atoms with Crippen molar-refractivity contribution in [2.45, 2.75) is 46.2 Å². The summed E-state index contributed by atoms with van der Waals surface area (Å²) in [5.41, 5.74) is 2.45. The summed E-state index contributed by atoms with van der Waals surface area (Å²) in [7, 11) is 3.90. The van der Waals surface area contributed by atoms with Gasteiger partial charge in [-0.25, -0.2) is 0 Å². The number of hydrogen-bond acceptors (Lipinski definition) is 4. The lowest BCUT2D eigenvalue weighted by atomic mass is 9.51. The third kappa shape index (κ3) is 1.95. The number of aliphatic hydroxyl groups is 1. The normalized spacial score (nSPS) is 44.2. The molecule has 5 rings (SSSR count). The zero-order valence-corrected chi connectivity index (χ0v) is 18.8. The number of ether oxygens (including phenoxy) is 2. The molecule has 2 heterocycles. The molecule has 4 aliphatic rings. The molecule has 1 N–H and O–H groups in total. The van der Waals surface area contributed by atoms with Crippen molar-refractivity contribution in [1.29, 1.82) is 0 Å². The van der Waals surface area contributed by atoms with Crippen molar-refractivity contribution in [1.82, 2.24) is 4.90 Å². The molecule has 2 fully saturated rings. The summed E-state index contributed by atoms with van der Waals surface area (Å²) in [4.78, 5) is 2.64. The van der Waals surface area contributed by atoms with E-state index in [1.54, 1.807) is 7.11 Å². The van der Waals surface area contributed by atoms with Crippen LogP contribution in [0, 0.1) is 5.92 Å². The SMILES string of the molecule is COc1cc(Br)c2c3c1O[C@H]1[C@@H](O)[C@H](Br)[C@@H](Br)[C@H]4[C@H](C2)N(C)CC[C@@]341. The number of likely N-dealkylation sites (tertiary alicyclic amines) is 1. The predicted octanol–water partition coefficient (Wildman–Crippen LogP) is 3.23. The maximum Gasteiger partial charge on any atom is 0.166 e. The Kier molecular flexibility index (Phi) is 3.87. The van der Waals surface area contributed by atoms with E-state index in [2.05, 4.69) is 59.7 Å². The maximum absolute atomic E-state index is 11.1. The van der Waals surface area contributed by atoms with Gasteiger partial charge in [0.25, 0.3) is 0 Å². The van der Waals surface area contributed by atoms with Crippen LogP contribution in [0.15, 0.2) is 10.5 Å². The van der Waals surface area contributed by atoms with E-state index in [-0.39, 0.29) is 21.2 Å². The van der Waals surface area contributed by atoms with Crippen LogP contribution in [-0.4, -0.2) is 58.6 Å². The van der Waals surface area contributed by atoms with Crippen LogP contribution in [0.25, 0.3) is 0 Å². The van der Waals surface area contributed by atoms with Gasteiger partial charge in [-0.3, -0.25) is 0 Å². The van der Waals surface area contributed by atoms with Gasteiger partial charge >= 0.3 is 0 Å². The Morgan fingerprint density at radius 3 is 2.84 bits per heavy atom. The molecule has 1 aromatic rings. The average molecular weight is 538 g/mol. The number of methoxy groups -OCH3 is 1. The van der Waals surface area contributed by atoms with Crippen LogP contribution in [0.1, 0.15) is 17.5 Å². The number of aliphatic hydroxyl groups excluding tert-OH is 1. The van der Waals surface area contributed by atoms with Crippen molar-refractivity contribution >= 4 is 47.8 Å². The first-order valence-corrected chi connectivity index (χ1v) is 11.3. The van der Waals surface area contributed by atoms with Crippen LogP contribution >= 0.6 is 47.8 Å². The number of nitrogens with zero attached hydrogens (tertiary/aromatic N) is 1. The number of benzene rings is 1. The van der Waals surface area contributed by atoms with E-state index in [4.69, 9.17) is 9.47 Å². The Labute approximate surface area is 172 Å². The van der Waals surface area contributed by atoms with Gasteiger partial charge in [-0.1, -0.05) is 47.8 Å². The third-order valence-electron chi connectivity index (χ3n) is 6.89. The molecule has 0 amide bonds. The Bertz CT molecular complexity index is 760. The lowest BCUT2D eigenvalue weighted by Gasteiger charge is -2.61. The van der Waals surface area contributed by atoms with Gasteiger partial charge in [0, 0.05) is 32.2 Å². The Morgan fingerprint density at radius 2 is 2.12 bits per heavy atom. The summed E-state index contributed by atoms with van der Waals surface area (Å²) in [5.74, 6) is 1.99. The first kappa shape index (κ1) is 17.3. The molecule has 1 spiro atoms.